The lowest BCUT2D eigenvalue weighted by atomic mass is 9.84. The molecule has 4 aromatic rings. The molecule has 2 N–H and O–H groups in total. The summed E-state index contributed by atoms with van der Waals surface area (Å²) in [5, 5.41) is 5.19. The Morgan fingerprint density at radius 1 is 0.969 bits per heavy atom. The zero-order chi connectivity index (χ0) is 21.9. The van der Waals surface area contributed by atoms with Gasteiger partial charge in [0.1, 0.15) is 6.54 Å². The molecule has 32 heavy (non-hydrogen) atoms. The van der Waals surface area contributed by atoms with E-state index in [-0.39, 0.29) is 24.2 Å². The highest BCUT2D eigenvalue weighted by Crippen LogP contribution is 2.30. The number of para-hydroxylation sites is 2. The molecule has 2 heterocycles. The van der Waals surface area contributed by atoms with Gasteiger partial charge in [-0.2, -0.15) is 0 Å². The van der Waals surface area contributed by atoms with E-state index in [2.05, 4.69) is 22.4 Å². The molecule has 1 amide bonds. The van der Waals surface area contributed by atoms with Crippen LogP contribution in [0.4, 0.5) is 0 Å². The molecular formula is C27H29N3O2. The van der Waals surface area contributed by atoms with Crippen LogP contribution in [-0.4, -0.2) is 27.8 Å². The Balaban J connectivity index is 1.27. The standard InChI is InChI=1S/C27H29N3O2/c31-26(28-15-14-20-16-29-24-12-6-4-10-21(20)24)18-30-17-23(22-11-5-7-13-25(22)30)27(32)19-8-2-1-3-9-19/h4-7,10-13,16-17,19,29H,1-3,8-9,14-15,18H2,(H,28,31). The molecule has 0 saturated heterocycles. The van der Waals surface area contributed by atoms with Crippen molar-refractivity contribution in [3.05, 3.63) is 72.1 Å². The van der Waals surface area contributed by atoms with Crippen LogP contribution in [-0.2, 0) is 17.8 Å². The number of carbonyl (C=O) groups excluding carboxylic acids is 2. The van der Waals surface area contributed by atoms with E-state index >= 15 is 0 Å². The topological polar surface area (TPSA) is 66.9 Å². The third-order valence-electron chi connectivity index (χ3n) is 6.74. The summed E-state index contributed by atoms with van der Waals surface area (Å²) >= 11 is 0. The van der Waals surface area contributed by atoms with E-state index in [0.29, 0.717) is 6.54 Å². The fourth-order valence-corrected chi connectivity index (χ4v) is 5.04. The summed E-state index contributed by atoms with van der Waals surface area (Å²) in [4.78, 5) is 29.2. The van der Waals surface area contributed by atoms with Crippen molar-refractivity contribution in [3.63, 3.8) is 0 Å². The van der Waals surface area contributed by atoms with E-state index in [1.165, 1.54) is 17.4 Å². The molecule has 2 aromatic carbocycles. The van der Waals surface area contributed by atoms with Gasteiger partial charge < -0.3 is 14.9 Å². The van der Waals surface area contributed by atoms with Crippen molar-refractivity contribution in [3.8, 4) is 0 Å². The Morgan fingerprint density at radius 2 is 1.72 bits per heavy atom. The van der Waals surface area contributed by atoms with E-state index in [1.54, 1.807) is 0 Å². The first kappa shape index (κ1) is 20.6. The Labute approximate surface area is 187 Å². The molecule has 0 atom stereocenters. The average molecular weight is 428 g/mol. The summed E-state index contributed by atoms with van der Waals surface area (Å²) < 4.78 is 1.92. The van der Waals surface area contributed by atoms with Gasteiger partial charge in [0.2, 0.25) is 5.91 Å². The van der Waals surface area contributed by atoms with Crippen molar-refractivity contribution in [2.24, 2.45) is 5.92 Å². The van der Waals surface area contributed by atoms with Gasteiger partial charge in [-0.05, 0) is 37.0 Å². The number of ketones is 1. The Hall–Kier alpha value is -3.34. The van der Waals surface area contributed by atoms with Crippen LogP contribution in [0, 0.1) is 5.92 Å². The van der Waals surface area contributed by atoms with Crippen LogP contribution < -0.4 is 5.32 Å². The first-order valence-corrected chi connectivity index (χ1v) is 11.6. The molecule has 5 rings (SSSR count). The van der Waals surface area contributed by atoms with Gasteiger partial charge in [0.05, 0.1) is 0 Å². The SMILES string of the molecule is O=C(Cn1cc(C(=O)C2CCCCC2)c2ccccc21)NCCc1c[nH]c2ccccc12. The van der Waals surface area contributed by atoms with Gasteiger partial charge in [-0.25, -0.2) is 0 Å². The second-order valence-corrected chi connectivity index (χ2v) is 8.85. The van der Waals surface area contributed by atoms with Crippen LogP contribution in [0.2, 0.25) is 0 Å². The summed E-state index contributed by atoms with van der Waals surface area (Å²) in [5.74, 6) is 0.314. The van der Waals surface area contributed by atoms with Crippen LogP contribution in [0.1, 0.15) is 48.0 Å². The van der Waals surface area contributed by atoms with E-state index in [4.69, 9.17) is 0 Å². The Morgan fingerprint density at radius 3 is 2.56 bits per heavy atom. The molecule has 0 unspecified atom stereocenters. The minimum Gasteiger partial charge on any atom is -0.361 e. The third kappa shape index (κ3) is 4.07. The molecular weight excluding hydrogens is 398 g/mol. The molecule has 164 valence electrons. The zero-order valence-electron chi connectivity index (χ0n) is 18.3. The van der Waals surface area contributed by atoms with Gasteiger partial charge in [0, 0.05) is 52.2 Å². The maximum atomic E-state index is 13.2. The number of aromatic amines is 1. The van der Waals surface area contributed by atoms with Crippen LogP contribution in [0.15, 0.2) is 60.9 Å². The van der Waals surface area contributed by atoms with Crippen molar-refractivity contribution in [1.82, 2.24) is 14.9 Å². The van der Waals surface area contributed by atoms with Gasteiger partial charge in [-0.3, -0.25) is 9.59 Å². The van der Waals surface area contributed by atoms with Crippen molar-refractivity contribution in [2.75, 3.05) is 6.54 Å². The minimum atomic E-state index is -0.0396. The van der Waals surface area contributed by atoms with Crippen LogP contribution >= 0.6 is 0 Å². The number of carbonyl (C=O) groups is 2. The van der Waals surface area contributed by atoms with E-state index < -0.39 is 0 Å². The molecule has 0 bridgehead atoms. The summed E-state index contributed by atoms with van der Waals surface area (Å²) in [6.45, 7) is 0.792. The fraction of sp³-hybridized carbons (Fsp3) is 0.333. The third-order valence-corrected chi connectivity index (χ3v) is 6.74. The number of benzene rings is 2. The number of nitrogens with one attached hydrogen (secondary N) is 2. The molecule has 1 aliphatic carbocycles. The lowest BCUT2D eigenvalue weighted by molar-refractivity contribution is -0.121. The quantitative estimate of drug-likeness (QED) is 0.396. The number of fused-ring (bicyclic) bond motifs is 2. The van der Waals surface area contributed by atoms with Crippen molar-refractivity contribution < 1.29 is 9.59 Å². The predicted octanol–water partition coefficient (Wildman–Crippen LogP) is 5.24. The number of aromatic nitrogens is 2. The molecule has 5 heteroatoms. The number of hydrogen-bond acceptors (Lipinski definition) is 2. The fourth-order valence-electron chi connectivity index (χ4n) is 5.04. The lowest BCUT2D eigenvalue weighted by Gasteiger charge is -2.19. The normalized spacial score (nSPS) is 14.8. The number of rotatable bonds is 7. The van der Waals surface area contributed by atoms with Crippen molar-refractivity contribution >= 4 is 33.5 Å². The van der Waals surface area contributed by atoms with E-state index in [9.17, 15) is 9.59 Å². The van der Waals surface area contributed by atoms with Gasteiger partial charge in [-0.15, -0.1) is 0 Å². The number of Topliss-reactive ketones (excluding diaryl/α,β-unsaturated/α-hetero) is 1. The van der Waals surface area contributed by atoms with Crippen LogP contribution in [0.5, 0.6) is 0 Å². The minimum absolute atomic E-state index is 0.0396. The summed E-state index contributed by atoms with van der Waals surface area (Å²) in [5.41, 5.74) is 4.02. The molecule has 5 nitrogen and oxygen atoms in total. The number of nitrogens with zero attached hydrogens (tertiary/aromatic N) is 1. The summed E-state index contributed by atoms with van der Waals surface area (Å²) in [7, 11) is 0. The largest absolute Gasteiger partial charge is 0.361 e. The van der Waals surface area contributed by atoms with Crippen molar-refractivity contribution in [2.45, 2.75) is 45.1 Å². The van der Waals surface area contributed by atoms with E-state index in [1.807, 2.05) is 53.4 Å². The number of H-pyrrole nitrogens is 1. The van der Waals surface area contributed by atoms with Crippen LogP contribution in [0.3, 0.4) is 0 Å². The molecule has 2 aromatic heterocycles. The van der Waals surface area contributed by atoms with Gasteiger partial charge in [-0.1, -0.05) is 55.7 Å². The molecule has 1 fully saturated rings. The lowest BCUT2D eigenvalue weighted by Crippen LogP contribution is -2.29. The zero-order valence-corrected chi connectivity index (χ0v) is 18.3. The van der Waals surface area contributed by atoms with E-state index in [0.717, 1.165) is 54.1 Å². The molecule has 0 aliphatic heterocycles. The molecule has 0 radical (unpaired) electrons. The molecule has 1 aliphatic rings. The second kappa shape index (κ2) is 9.03. The first-order valence-electron chi connectivity index (χ1n) is 11.6. The monoisotopic (exact) mass is 427 g/mol. The highest BCUT2D eigenvalue weighted by Gasteiger charge is 2.25. The maximum absolute atomic E-state index is 13.2. The average Bonchev–Trinajstić information content (AvgIpc) is 3.41. The maximum Gasteiger partial charge on any atom is 0.239 e. The first-order chi connectivity index (χ1) is 15.7. The predicted molar refractivity (Wildman–Crippen MR) is 128 cm³/mol. The number of hydrogen-bond donors (Lipinski definition) is 2. The Bertz CT molecular complexity index is 1260. The molecule has 1 saturated carbocycles. The highest BCUT2D eigenvalue weighted by atomic mass is 16.2. The Kier molecular flexibility index (Phi) is 5.80. The van der Waals surface area contributed by atoms with Gasteiger partial charge in [0.25, 0.3) is 0 Å². The van der Waals surface area contributed by atoms with Crippen LogP contribution in [0.25, 0.3) is 21.8 Å². The summed E-state index contributed by atoms with van der Waals surface area (Å²) in [6.07, 6.45) is 10.1. The summed E-state index contributed by atoms with van der Waals surface area (Å²) in [6, 6.07) is 16.1. The second-order valence-electron chi connectivity index (χ2n) is 8.85. The molecule has 0 spiro atoms. The van der Waals surface area contributed by atoms with Crippen molar-refractivity contribution in [1.29, 1.82) is 0 Å². The highest BCUT2D eigenvalue weighted by molar-refractivity contribution is 6.09. The van der Waals surface area contributed by atoms with Gasteiger partial charge >= 0.3 is 0 Å². The van der Waals surface area contributed by atoms with Gasteiger partial charge in [0.15, 0.2) is 5.78 Å². The number of amides is 1. The smallest absolute Gasteiger partial charge is 0.239 e.